The lowest BCUT2D eigenvalue weighted by Gasteiger charge is -2.39. The van der Waals surface area contributed by atoms with Crippen molar-refractivity contribution in [2.45, 2.75) is 18.7 Å². The van der Waals surface area contributed by atoms with Gasteiger partial charge in [0.1, 0.15) is 22.3 Å². The minimum Gasteiger partial charge on any atom is -0.462 e. The van der Waals surface area contributed by atoms with Crippen LogP contribution in [0.3, 0.4) is 0 Å². The van der Waals surface area contributed by atoms with Crippen molar-refractivity contribution in [1.82, 2.24) is 20.0 Å². The topological polar surface area (TPSA) is 168 Å². The third-order valence-corrected chi connectivity index (χ3v) is 6.51. The number of anilines is 1. The molecular formula is C20H18N6O6S. The molecule has 1 fully saturated rings. The minimum absolute atomic E-state index is 0.0214. The minimum atomic E-state index is -4.20. The molecule has 1 N–H and O–H groups in total. The van der Waals surface area contributed by atoms with Gasteiger partial charge in [-0.1, -0.05) is 6.07 Å². The third-order valence-electron chi connectivity index (χ3n) is 5.13. The molecule has 1 aliphatic heterocycles. The second kappa shape index (κ2) is 8.47. The quantitative estimate of drug-likeness (QED) is 0.508. The fourth-order valence-electron chi connectivity index (χ4n) is 3.42. The van der Waals surface area contributed by atoms with Crippen LogP contribution in [-0.2, 0) is 19.6 Å². The number of esters is 1. The Morgan fingerprint density at radius 1 is 1.33 bits per heavy atom. The number of nitriles is 1. The van der Waals surface area contributed by atoms with Gasteiger partial charge in [-0.2, -0.15) is 5.26 Å². The van der Waals surface area contributed by atoms with E-state index in [1.807, 2.05) is 6.07 Å². The molecule has 2 aromatic heterocycles. The molecule has 1 aliphatic rings. The summed E-state index contributed by atoms with van der Waals surface area (Å²) in [5.74, 6) is -1.60. The number of fused-ring (bicyclic) bond motifs is 1. The summed E-state index contributed by atoms with van der Waals surface area (Å²) in [4.78, 5) is 30.4. The Labute approximate surface area is 188 Å². The van der Waals surface area contributed by atoms with Gasteiger partial charge in [0.05, 0.1) is 29.3 Å². The number of carbonyl (C=O) groups excluding carboxylic acids is 2. The number of aryl methyl sites for hydroxylation is 1. The monoisotopic (exact) mass is 470 g/mol. The average Bonchev–Trinajstić information content (AvgIpc) is 3.21. The first-order valence-corrected chi connectivity index (χ1v) is 11.3. The molecule has 13 heteroatoms. The Hall–Kier alpha value is -4.05. The summed E-state index contributed by atoms with van der Waals surface area (Å²) in [6.07, 6.45) is 0. The van der Waals surface area contributed by atoms with Crippen molar-refractivity contribution in [3.8, 4) is 6.07 Å². The summed E-state index contributed by atoms with van der Waals surface area (Å²) in [6.45, 7) is 3.78. The number of rotatable bonds is 6. The number of hydrogen-bond acceptors (Lipinski definition) is 11. The van der Waals surface area contributed by atoms with Crippen molar-refractivity contribution in [3.05, 3.63) is 41.1 Å². The Balaban J connectivity index is 1.47. The molecule has 4 rings (SSSR count). The number of nitrogens with zero attached hydrogens (tertiary/aromatic N) is 5. The molecule has 3 heterocycles. The lowest BCUT2D eigenvalue weighted by atomic mass is 9.98. The van der Waals surface area contributed by atoms with Gasteiger partial charge < -0.3 is 9.64 Å². The molecule has 1 aromatic carbocycles. The predicted octanol–water partition coefficient (Wildman–Crippen LogP) is 0.916. The van der Waals surface area contributed by atoms with Crippen LogP contribution in [0.1, 0.15) is 28.5 Å². The molecule has 1 amide bonds. The SMILES string of the molecule is CCOC(=O)c1cc(C#N)c(N2CC(C(=O)NS(=O)(=O)c3cccc4nonc34)C2)nc1C. The van der Waals surface area contributed by atoms with Gasteiger partial charge in [0, 0.05) is 13.1 Å². The van der Waals surface area contributed by atoms with Crippen molar-refractivity contribution >= 4 is 38.8 Å². The lowest BCUT2D eigenvalue weighted by Crippen LogP contribution is -2.55. The maximum Gasteiger partial charge on any atom is 0.340 e. The zero-order valence-corrected chi connectivity index (χ0v) is 18.4. The van der Waals surface area contributed by atoms with E-state index >= 15 is 0 Å². The largest absolute Gasteiger partial charge is 0.462 e. The number of benzene rings is 1. The van der Waals surface area contributed by atoms with E-state index in [1.54, 1.807) is 18.7 Å². The fourth-order valence-corrected chi connectivity index (χ4v) is 4.61. The zero-order valence-electron chi connectivity index (χ0n) is 17.6. The first kappa shape index (κ1) is 22.2. The van der Waals surface area contributed by atoms with E-state index in [9.17, 15) is 23.3 Å². The van der Waals surface area contributed by atoms with Crippen LogP contribution >= 0.6 is 0 Å². The summed E-state index contributed by atoms with van der Waals surface area (Å²) in [6, 6.07) is 7.70. The molecule has 0 atom stereocenters. The molecule has 3 aromatic rings. The molecule has 0 spiro atoms. The molecule has 0 radical (unpaired) electrons. The van der Waals surface area contributed by atoms with Crippen LogP contribution in [0.15, 0.2) is 33.8 Å². The third kappa shape index (κ3) is 4.08. The standard InChI is InChI=1S/C20H18N6O6S/c1-3-31-20(28)14-7-12(8-21)18(22-11(14)2)26-9-13(10-26)19(27)25-33(29,30)16-6-4-5-15-17(16)24-32-23-15/h4-7,13H,3,9-10H2,1-2H3,(H,25,27). The number of nitrogens with one attached hydrogen (secondary N) is 1. The van der Waals surface area contributed by atoms with E-state index in [1.165, 1.54) is 24.3 Å². The van der Waals surface area contributed by atoms with Crippen molar-refractivity contribution in [2.24, 2.45) is 5.92 Å². The molecule has 0 unspecified atom stereocenters. The van der Waals surface area contributed by atoms with Gasteiger partial charge in [-0.3, -0.25) is 4.79 Å². The van der Waals surface area contributed by atoms with Crippen LogP contribution in [-0.4, -0.2) is 55.3 Å². The van der Waals surface area contributed by atoms with E-state index in [-0.39, 0.29) is 46.8 Å². The predicted molar refractivity (Wildman–Crippen MR) is 112 cm³/mol. The van der Waals surface area contributed by atoms with Crippen LogP contribution in [0, 0.1) is 24.2 Å². The molecule has 170 valence electrons. The van der Waals surface area contributed by atoms with Crippen molar-refractivity contribution in [3.63, 3.8) is 0 Å². The van der Waals surface area contributed by atoms with Crippen LogP contribution < -0.4 is 9.62 Å². The number of amides is 1. The number of ether oxygens (including phenoxy) is 1. The van der Waals surface area contributed by atoms with Gasteiger partial charge in [-0.05, 0) is 42.4 Å². The van der Waals surface area contributed by atoms with Crippen molar-refractivity contribution in [2.75, 3.05) is 24.6 Å². The molecule has 12 nitrogen and oxygen atoms in total. The van der Waals surface area contributed by atoms with Crippen LogP contribution in [0.4, 0.5) is 5.82 Å². The lowest BCUT2D eigenvalue weighted by molar-refractivity contribution is -0.123. The molecule has 0 aliphatic carbocycles. The highest BCUT2D eigenvalue weighted by Crippen LogP contribution is 2.29. The van der Waals surface area contributed by atoms with Crippen LogP contribution in [0.2, 0.25) is 0 Å². The molecule has 0 bridgehead atoms. The van der Waals surface area contributed by atoms with E-state index in [0.717, 1.165) is 0 Å². The molecular weight excluding hydrogens is 452 g/mol. The van der Waals surface area contributed by atoms with Gasteiger partial charge in [0.25, 0.3) is 10.0 Å². The maximum atomic E-state index is 12.7. The van der Waals surface area contributed by atoms with Gasteiger partial charge in [0.15, 0.2) is 5.52 Å². The van der Waals surface area contributed by atoms with Gasteiger partial charge >= 0.3 is 5.97 Å². The fraction of sp³-hybridized carbons (Fsp3) is 0.300. The second-order valence-corrected chi connectivity index (χ2v) is 8.94. The van der Waals surface area contributed by atoms with Crippen LogP contribution in [0.5, 0.6) is 0 Å². The summed E-state index contributed by atoms with van der Waals surface area (Å²) in [7, 11) is -4.20. The summed E-state index contributed by atoms with van der Waals surface area (Å²) >= 11 is 0. The van der Waals surface area contributed by atoms with Gasteiger partial charge in [-0.15, -0.1) is 0 Å². The number of hydrogen-bond donors (Lipinski definition) is 1. The number of aromatic nitrogens is 3. The van der Waals surface area contributed by atoms with E-state index in [0.29, 0.717) is 11.5 Å². The van der Waals surface area contributed by atoms with Crippen molar-refractivity contribution < 1.29 is 27.4 Å². The summed E-state index contributed by atoms with van der Waals surface area (Å²) < 4.78 is 37.0. The average molecular weight is 470 g/mol. The zero-order chi connectivity index (χ0) is 23.8. The van der Waals surface area contributed by atoms with Gasteiger partial charge in [0.2, 0.25) is 5.91 Å². The number of pyridine rings is 1. The normalized spacial score (nSPS) is 13.9. The van der Waals surface area contributed by atoms with E-state index < -0.39 is 27.8 Å². The molecule has 33 heavy (non-hydrogen) atoms. The number of carbonyl (C=O) groups is 2. The van der Waals surface area contributed by atoms with E-state index in [2.05, 4.69) is 24.6 Å². The first-order valence-electron chi connectivity index (χ1n) is 9.87. The summed E-state index contributed by atoms with van der Waals surface area (Å²) in [5, 5.41) is 16.7. The molecule has 0 saturated carbocycles. The Kier molecular flexibility index (Phi) is 5.69. The first-order chi connectivity index (χ1) is 15.7. The highest BCUT2D eigenvalue weighted by molar-refractivity contribution is 7.90. The van der Waals surface area contributed by atoms with Gasteiger partial charge in [-0.25, -0.2) is 27.5 Å². The van der Waals surface area contributed by atoms with Crippen LogP contribution in [0.25, 0.3) is 11.0 Å². The smallest absolute Gasteiger partial charge is 0.340 e. The Morgan fingerprint density at radius 2 is 2.09 bits per heavy atom. The Bertz CT molecular complexity index is 1400. The maximum absolute atomic E-state index is 12.7. The Morgan fingerprint density at radius 3 is 2.79 bits per heavy atom. The highest BCUT2D eigenvalue weighted by atomic mass is 32.2. The highest BCUT2D eigenvalue weighted by Gasteiger charge is 2.37. The molecule has 1 saturated heterocycles. The van der Waals surface area contributed by atoms with E-state index in [4.69, 9.17) is 4.74 Å². The second-order valence-electron chi connectivity index (χ2n) is 7.28. The van der Waals surface area contributed by atoms with Crippen molar-refractivity contribution in [1.29, 1.82) is 5.26 Å². The number of sulfonamides is 1. The summed E-state index contributed by atoms with van der Waals surface area (Å²) in [5.41, 5.74) is 0.993.